The molecule has 0 saturated heterocycles. The minimum absolute atomic E-state index is 0.00676. The summed E-state index contributed by atoms with van der Waals surface area (Å²) in [5, 5.41) is 10.0. The van der Waals surface area contributed by atoms with Gasteiger partial charge in [0.25, 0.3) is 0 Å². The molecule has 4 nitrogen and oxygen atoms in total. The van der Waals surface area contributed by atoms with Crippen LogP contribution in [0.2, 0.25) is 0 Å². The van der Waals surface area contributed by atoms with Gasteiger partial charge in [0.1, 0.15) is 0 Å². The standard InChI is InChI=1S/C16H24N2O2/c1-18(14-9-5-6-10-15(14)19)16(20)11-13(17)12-7-3-2-4-8-12/h2-4,7-8,13-15,19H,5-6,9-11,17H2,1H3. The number of rotatable bonds is 4. The maximum Gasteiger partial charge on any atom is 0.224 e. The van der Waals surface area contributed by atoms with Crippen LogP contribution < -0.4 is 5.73 Å². The van der Waals surface area contributed by atoms with Crippen molar-refractivity contribution in [1.29, 1.82) is 0 Å². The molecule has 3 unspecified atom stereocenters. The average molecular weight is 276 g/mol. The van der Waals surface area contributed by atoms with Crippen molar-refractivity contribution in [3.8, 4) is 0 Å². The van der Waals surface area contributed by atoms with Gasteiger partial charge in [-0.25, -0.2) is 0 Å². The molecule has 1 aromatic rings. The summed E-state index contributed by atoms with van der Waals surface area (Å²) in [6.45, 7) is 0. The van der Waals surface area contributed by atoms with E-state index < -0.39 is 6.10 Å². The summed E-state index contributed by atoms with van der Waals surface area (Å²) in [6.07, 6.45) is 3.67. The average Bonchev–Trinajstić information content (AvgIpc) is 2.48. The van der Waals surface area contributed by atoms with Gasteiger partial charge in [-0.1, -0.05) is 43.2 Å². The van der Waals surface area contributed by atoms with Crippen LogP contribution in [0.15, 0.2) is 30.3 Å². The molecule has 2 rings (SSSR count). The van der Waals surface area contributed by atoms with E-state index in [-0.39, 0.29) is 24.4 Å². The third kappa shape index (κ3) is 3.58. The molecular weight excluding hydrogens is 252 g/mol. The Bertz CT molecular complexity index is 435. The Labute approximate surface area is 120 Å². The molecule has 0 heterocycles. The molecule has 20 heavy (non-hydrogen) atoms. The fraction of sp³-hybridized carbons (Fsp3) is 0.562. The van der Waals surface area contributed by atoms with E-state index in [0.717, 1.165) is 31.2 Å². The molecule has 0 aliphatic heterocycles. The van der Waals surface area contributed by atoms with Crippen molar-refractivity contribution in [2.24, 2.45) is 5.73 Å². The molecule has 1 aliphatic carbocycles. The van der Waals surface area contributed by atoms with Crippen LogP contribution >= 0.6 is 0 Å². The van der Waals surface area contributed by atoms with Gasteiger partial charge in [-0.05, 0) is 18.4 Å². The lowest BCUT2D eigenvalue weighted by atomic mass is 9.91. The molecule has 4 heteroatoms. The van der Waals surface area contributed by atoms with E-state index in [1.807, 2.05) is 30.3 Å². The lowest BCUT2D eigenvalue weighted by Crippen LogP contribution is -2.46. The van der Waals surface area contributed by atoms with Crippen LogP contribution in [0, 0.1) is 0 Å². The Morgan fingerprint density at radius 2 is 2.00 bits per heavy atom. The largest absolute Gasteiger partial charge is 0.391 e. The van der Waals surface area contributed by atoms with Crippen molar-refractivity contribution in [2.75, 3.05) is 7.05 Å². The normalized spacial score (nSPS) is 24.1. The Morgan fingerprint density at radius 1 is 1.35 bits per heavy atom. The molecule has 0 spiro atoms. The van der Waals surface area contributed by atoms with Crippen LogP contribution in [0.25, 0.3) is 0 Å². The summed E-state index contributed by atoms with van der Waals surface area (Å²) in [5.41, 5.74) is 7.06. The van der Waals surface area contributed by atoms with Crippen molar-refractivity contribution >= 4 is 5.91 Å². The number of carbonyl (C=O) groups excluding carboxylic acids is 1. The van der Waals surface area contributed by atoms with Gasteiger partial charge >= 0.3 is 0 Å². The quantitative estimate of drug-likeness (QED) is 0.882. The van der Waals surface area contributed by atoms with Gasteiger partial charge in [-0.2, -0.15) is 0 Å². The van der Waals surface area contributed by atoms with Gasteiger partial charge < -0.3 is 15.7 Å². The molecule has 1 aromatic carbocycles. The number of amides is 1. The Morgan fingerprint density at radius 3 is 2.65 bits per heavy atom. The van der Waals surface area contributed by atoms with Crippen LogP contribution in [-0.2, 0) is 4.79 Å². The predicted octanol–water partition coefficient (Wildman–Crippen LogP) is 1.84. The van der Waals surface area contributed by atoms with Gasteiger partial charge in [0, 0.05) is 19.5 Å². The van der Waals surface area contributed by atoms with Crippen LogP contribution in [0.3, 0.4) is 0 Å². The summed E-state index contributed by atoms with van der Waals surface area (Å²) in [4.78, 5) is 14.0. The third-order valence-corrected chi connectivity index (χ3v) is 4.21. The molecule has 3 N–H and O–H groups in total. The number of benzene rings is 1. The summed E-state index contributed by atoms with van der Waals surface area (Å²) in [6, 6.07) is 9.32. The molecule has 1 aliphatic rings. The first-order valence-electron chi connectivity index (χ1n) is 7.34. The minimum Gasteiger partial charge on any atom is -0.391 e. The third-order valence-electron chi connectivity index (χ3n) is 4.21. The number of nitrogens with zero attached hydrogens (tertiary/aromatic N) is 1. The van der Waals surface area contributed by atoms with Crippen LogP contribution in [-0.4, -0.2) is 35.1 Å². The zero-order valence-corrected chi connectivity index (χ0v) is 12.0. The van der Waals surface area contributed by atoms with E-state index in [1.54, 1.807) is 11.9 Å². The lowest BCUT2D eigenvalue weighted by molar-refractivity contribution is -0.135. The van der Waals surface area contributed by atoms with Crippen molar-refractivity contribution < 1.29 is 9.90 Å². The fourth-order valence-electron chi connectivity index (χ4n) is 2.88. The number of aliphatic hydroxyl groups is 1. The van der Waals surface area contributed by atoms with Gasteiger partial charge in [0.05, 0.1) is 12.1 Å². The first-order valence-corrected chi connectivity index (χ1v) is 7.34. The van der Waals surface area contributed by atoms with Gasteiger partial charge in [-0.3, -0.25) is 4.79 Å². The highest BCUT2D eigenvalue weighted by Gasteiger charge is 2.29. The smallest absolute Gasteiger partial charge is 0.224 e. The topological polar surface area (TPSA) is 66.6 Å². The number of hydrogen-bond acceptors (Lipinski definition) is 3. The molecule has 0 bridgehead atoms. The molecule has 1 saturated carbocycles. The van der Waals surface area contributed by atoms with E-state index in [1.165, 1.54) is 0 Å². The number of nitrogens with two attached hydrogens (primary N) is 1. The Balaban J connectivity index is 1.93. The van der Waals surface area contributed by atoms with E-state index in [9.17, 15) is 9.90 Å². The number of likely N-dealkylation sites (N-methyl/N-ethyl adjacent to an activating group) is 1. The van der Waals surface area contributed by atoms with Crippen molar-refractivity contribution in [3.63, 3.8) is 0 Å². The first-order chi connectivity index (χ1) is 9.59. The Kier molecular flexibility index (Phi) is 5.15. The van der Waals surface area contributed by atoms with E-state index in [2.05, 4.69) is 0 Å². The van der Waals surface area contributed by atoms with Crippen LogP contribution in [0.5, 0.6) is 0 Å². The molecule has 1 amide bonds. The lowest BCUT2D eigenvalue weighted by Gasteiger charge is -2.35. The molecule has 1 fully saturated rings. The molecular formula is C16H24N2O2. The summed E-state index contributed by atoms with van der Waals surface area (Å²) in [7, 11) is 1.78. The van der Waals surface area contributed by atoms with Gasteiger partial charge in [0.2, 0.25) is 5.91 Å². The van der Waals surface area contributed by atoms with Gasteiger partial charge in [0.15, 0.2) is 0 Å². The number of carbonyl (C=O) groups is 1. The van der Waals surface area contributed by atoms with Crippen LogP contribution in [0.1, 0.15) is 43.7 Å². The highest BCUT2D eigenvalue weighted by atomic mass is 16.3. The molecule has 110 valence electrons. The van der Waals surface area contributed by atoms with Crippen molar-refractivity contribution in [1.82, 2.24) is 4.90 Å². The minimum atomic E-state index is -0.398. The fourth-order valence-corrected chi connectivity index (χ4v) is 2.88. The summed E-state index contributed by atoms with van der Waals surface area (Å²) in [5.74, 6) is 0.00676. The monoisotopic (exact) mass is 276 g/mol. The molecule has 0 radical (unpaired) electrons. The summed E-state index contributed by atoms with van der Waals surface area (Å²) < 4.78 is 0. The number of hydrogen-bond donors (Lipinski definition) is 2. The highest BCUT2D eigenvalue weighted by molar-refractivity contribution is 5.77. The van der Waals surface area contributed by atoms with E-state index in [0.29, 0.717) is 0 Å². The SMILES string of the molecule is CN(C(=O)CC(N)c1ccccc1)C1CCCCC1O. The van der Waals surface area contributed by atoms with E-state index >= 15 is 0 Å². The number of aliphatic hydroxyl groups excluding tert-OH is 1. The second-order valence-corrected chi connectivity index (χ2v) is 5.65. The Hall–Kier alpha value is -1.39. The zero-order chi connectivity index (χ0) is 14.5. The predicted molar refractivity (Wildman–Crippen MR) is 79.0 cm³/mol. The second-order valence-electron chi connectivity index (χ2n) is 5.65. The second kappa shape index (κ2) is 6.86. The zero-order valence-electron chi connectivity index (χ0n) is 12.0. The highest BCUT2D eigenvalue weighted by Crippen LogP contribution is 2.24. The van der Waals surface area contributed by atoms with Gasteiger partial charge in [-0.15, -0.1) is 0 Å². The van der Waals surface area contributed by atoms with Crippen LogP contribution in [0.4, 0.5) is 0 Å². The summed E-state index contributed by atoms with van der Waals surface area (Å²) >= 11 is 0. The molecule has 3 atom stereocenters. The molecule has 0 aromatic heterocycles. The first kappa shape index (κ1) is 15.0. The van der Waals surface area contributed by atoms with Crippen molar-refractivity contribution in [2.45, 2.75) is 50.3 Å². The maximum absolute atomic E-state index is 12.3. The van der Waals surface area contributed by atoms with E-state index in [4.69, 9.17) is 5.73 Å². The van der Waals surface area contributed by atoms with Crippen molar-refractivity contribution in [3.05, 3.63) is 35.9 Å². The maximum atomic E-state index is 12.3.